The number of methoxy groups -OCH3 is 1. The summed E-state index contributed by atoms with van der Waals surface area (Å²) in [7, 11) is 2.12. The number of rotatable bonds is 3. The highest BCUT2D eigenvalue weighted by Gasteiger charge is 2.15. The third-order valence-electron chi connectivity index (χ3n) is 1.85. The highest BCUT2D eigenvalue weighted by Crippen LogP contribution is 2.12. The van der Waals surface area contributed by atoms with Gasteiger partial charge in [-0.3, -0.25) is 0 Å². The zero-order valence-corrected chi connectivity index (χ0v) is 9.71. The van der Waals surface area contributed by atoms with Crippen molar-refractivity contribution < 1.29 is 34.4 Å². The largest absolute Gasteiger partial charge is 0.478 e. The first kappa shape index (κ1) is 15.6. The van der Waals surface area contributed by atoms with Gasteiger partial charge in [0, 0.05) is 7.11 Å². The first-order chi connectivity index (χ1) is 8.45. The fourth-order valence-corrected chi connectivity index (χ4v) is 1.11. The monoisotopic (exact) mass is 256 g/mol. The average molecular weight is 256 g/mol. The van der Waals surface area contributed by atoms with Gasteiger partial charge in [-0.25, -0.2) is 14.4 Å². The number of carbonyl (C=O) groups excluding carboxylic acids is 1. The fourth-order valence-electron chi connectivity index (χ4n) is 1.11. The zero-order valence-electron chi connectivity index (χ0n) is 9.71. The second-order valence-corrected chi connectivity index (χ2v) is 2.90. The van der Waals surface area contributed by atoms with Crippen LogP contribution in [0.4, 0.5) is 0 Å². The van der Waals surface area contributed by atoms with Crippen molar-refractivity contribution in [1.82, 2.24) is 0 Å². The van der Waals surface area contributed by atoms with E-state index in [2.05, 4.69) is 4.74 Å². The van der Waals surface area contributed by atoms with E-state index in [9.17, 15) is 14.4 Å². The van der Waals surface area contributed by atoms with Crippen molar-refractivity contribution in [1.29, 1.82) is 0 Å². The number of esters is 1. The minimum Gasteiger partial charge on any atom is -0.478 e. The van der Waals surface area contributed by atoms with Gasteiger partial charge in [0.2, 0.25) is 0 Å². The number of ether oxygens (including phenoxy) is 1. The molecule has 0 saturated heterocycles. The second kappa shape index (κ2) is 7.02. The third kappa shape index (κ3) is 3.87. The van der Waals surface area contributed by atoms with Crippen LogP contribution in [0.15, 0.2) is 18.2 Å². The highest BCUT2D eigenvalue weighted by molar-refractivity contribution is 5.99. The Balaban J connectivity index is 0.00000137. The van der Waals surface area contributed by atoms with Gasteiger partial charge in [-0.15, -0.1) is 0 Å². The number of hydrogen-bond donors (Lipinski definition) is 3. The molecule has 1 aromatic carbocycles. The van der Waals surface area contributed by atoms with E-state index in [1.165, 1.54) is 0 Å². The van der Waals surface area contributed by atoms with Gasteiger partial charge in [0.15, 0.2) is 0 Å². The molecule has 0 unspecified atom stereocenters. The maximum atomic E-state index is 11.2. The van der Waals surface area contributed by atoms with Gasteiger partial charge >= 0.3 is 17.9 Å². The topological polar surface area (TPSA) is 121 Å². The molecule has 3 N–H and O–H groups in total. The van der Waals surface area contributed by atoms with Crippen molar-refractivity contribution in [3.8, 4) is 0 Å². The molecule has 0 aliphatic rings. The van der Waals surface area contributed by atoms with Crippen molar-refractivity contribution >= 4 is 17.9 Å². The molecule has 0 radical (unpaired) electrons. The van der Waals surface area contributed by atoms with Crippen LogP contribution in [0.25, 0.3) is 0 Å². The van der Waals surface area contributed by atoms with Crippen molar-refractivity contribution in [3.63, 3.8) is 0 Å². The van der Waals surface area contributed by atoms with Crippen molar-refractivity contribution in [2.75, 3.05) is 14.2 Å². The van der Waals surface area contributed by atoms with Crippen LogP contribution in [-0.4, -0.2) is 47.4 Å². The predicted molar refractivity (Wildman–Crippen MR) is 59.8 cm³/mol. The van der Waals surface area contributed by atoms with Gasteiger partial charge in [0.1, 0.15) is 0 Å². The second-order valence-electron chi connectivity index (χ2n) is 2.90. The van der Waals surface area contributed by atoms with Gasteiger partial charge in [0.05, 0.1) is 23.8 Å². The number of aromatic carboxylic acids is 2. The molecule has 0 aliphatic heterocycles. The van der Waals surface area contributed by atoms with E-state index in [-0.39, 0.29) is 16.7 Å². The van der Waals surface area contributed by atoms with E-state index >= 15 is 0 Å². The summed E-state index contributed by atoms with van der Waals surface area (Å²) >= 11 is 0. The molecular weight excluding hydrogens is 244 g/mol. The van der Waals surface area contributed by atoms with Crippen LogP contribution in [-0.2, 0) is 4.74 Å². The predicted octanol–water partition coefficient (Wildman–Crippen LogP) is 0.478. The summed E-state index contributed by atoms with van der Waals surface area (Å²) in [6.45, 7) is 0. The van der Waals surface area contributed by atoms with Crippen LogP contribution >= 0.6 is 0 Å². The summed E-state index contributed by atoms with van der Waals surface area (Å²) < 4.78 is 4.38. The molecule has 0 aliphatic carbocycles. The molecular formula is C11H12O7. The Morgan fingerprint density at radius 2 is 1.22 bits per heavy atom. The Hall–Kier alpha value is -2.41. The Kier molecular flexibility index (Phi) is 6.08. The van der Waals surface area contributed by atoms with E-state index in [4.69, 9.17) is 15.3 Å². The average Bonchev–Trinajstić information content (AvgIpc) is 2.39. The number of aliphatic hydroxyl groups is 1. The Morgan fingerprint density at radius 3 is 1.50 bits per heavy atom. The number of carboxylic acids is 2. The van der Waals surface area contributed by atoms with Crippen molar-refractivity contribution in [2.45, 2.75) is 0 Å². The van der Waals surface area contributed by atoms with Crippen LogP contribution < -0.4 is 0 Å². The molecule has 7 nitrogen and oxygen atoms in total. The molecule has 0 spiro atoms. The van der Waals surface area contributed by atoms with Gasteiger partial charge < -0.3 is 20.1 Å². The molecule has 98 valence electrons. The van der Waals surface area contributed by atoms with Crippen molar-refractivity contribution in [3.05, 3.63) is 34.9 Å². The Labute approximate surface area is 102 Å². The highest BCUT2D eigenvalue weighted by atomic mass is 16.5. The van der Waals surface area contributed by atoms with Crippen LogP contribution in [0.5, 0.6) is 0 Å². The number of benzene rings is 1. The molecule has 7 heteroatoms. The smallest absolute Gasteiger partial charge is 0.337 e. The van der Waals surface area contributed by atoms with Crippen LogP contribution in [0, 0.1) is 0 Å². The molecule has 1 aromatic rings. The van der Waals surface area contributed by atoms with Crippen LogP contribution in [0.1, 0.15) is 31.1 Å². The Morgan fingerprint density at radius 1 is 0.889 bits per heavy atom. The van der Waals surface area contributed by atoms with E-state index in [1.54, 1.807) is 0 Å². The molecule has 0 fully saturated rings. The summed E-state index contributed by atoms with van der Waals surface area (Å²) in [4.78, 5) is 32.5. The maximum absolute atomic E-state index is 11.2. The van der Waals surface area contributed by atoms with Crippen LogP contribution in [0.2, 0.25) is 0 Å². The molecule has 0 atom stereocenters. The summed E-state index contributed by atoms with van der Waals surface area (Å²) in [6.07, 6.45) is 0. The number of hydrogen-bond acceptors (Lipinski definition) is 5. The molecule has 0 aromatic heterocycles. The fraction of sp³-hybridized carbons (Fsp3) is 0.182. The zero-order chi connectivity index (χ0) is 14.3. The first-order valence-corrected chi connectivity index (χ1v) is 4.60. The summed E-state index contributed by atoms with van der Waals surface area (Å²) in [6, 6.07) is 3.08. The third-order valence-corrected chi connectivity index (χ3v) is 1.85. The lowest BCUT2D eigenvalue weighted by Crippen LogP contribution is -2.08. The number of carbonyl (C=O) groups is 3. The number of carboxylic acid groups (broad SMARTS) is 2. The number of aliphatic hydroxyl groups excluding tert-OH is 1. The summed E-state index contributed by atoms with van der Waals surface area (Å²) in [5.74, 6) is -3.41. The first-order valence-electron chi connectivity index (χ1n) is 4.60. The molecule has 0 saturated carbocycles. The molecule has 0 heterocycles. The quantitative estimate of drug-likeness (QED) is 0.672. The van der Waals surface area contributed by atoms with Gasteiger partial charge in [0.25, 0.3) is 0 Å². The molecule has 0 bridgehead atoms. The SMILES string of the molecule is CO.COC(=O)c1cc(C(=O)O)cc(C(=O)O)c1. The standard InChI is InChI=1S/C10H8O6.CH4O/c1-16-10(15)7-3-5(8(11)12)2-6(4-7)9(13)14;1-2/h2-4H,1H3,(H,11,12)(H,13,14);2H,1H3. The molecule has 1 rings (SSSR count). The van der Waals surface area contributed by atoms with E-state index in [0.29, 0.717) is 0 Å². The van der Waals surface area contributed by atoms with E-state index in [0.717, 1.165) is 32.4 Å². The summed E-state index contributed by atoms with van der Waals surface area (Å²) in [5, 5.41) is 24.4. The minimum absolute atomic E-state index is 0.111. The van der Waals surface area contributed by atoms with Gasteiger partial charge in [-0.2, -0.15) is 0 Å². The molecule has 0 amide bonds. The maximum Gasteiger partial charge on any atom is 0.337 e. The normalized spacial score (nSPS) is 8.83. The van der Waals surface area contributed by atoms with E-state index < -0.39 is 17.9 Å². The molecule has 18 heavy (non-hydrogen) atoms. The minimum atomic E-state index is -1.31. The van der Waals surface area contributed by atoms with Gasteiger partial charge in [-0.05, 0) is 18.2 Å². The van der Waals surface area contributed by atoms with Gasteiger partial charge in [-0.1, -0.05) is 0 Å². The lowest BCUT2D eigenvalue weighted by atomic mass is 10.1. The lowest BCUT2D eigenvalue weighted by Gasteiger charge is -2.03. The van der Waals surface area contributed by atoms with E-state index in [1.807, 2.05) is 0 Å². The van der Waals surface area contributed by atoms with Crippen molar-refractivity contribution in [2.24, 2.45) is 0 Å². The lowest BCUT2D eigenvalue weighted by molar-refractivity contribution is 0.0600. The van der Waals surface area contributed by atoms with Crippen LogP contribution in [0.3, 0.4) is 0 Å². The Bertz CT molecular complexity index is 432. The summed E-state index contributed by atoms with van der Waals surface area (Å²) in [5.41, 5.74) is -0.666.